The summed E-state index contributed by atoms with van der Waals surface area (Å²) in [5, 5.41) is 0.0398. The highest BCUT2D eigenvalue weighted by Crippen LogP contribution is 2.68. The van der Waals surface area contributed by atoms with Gasteiger partial charge in [0, 0.05) is 27.8 Å². The van der Waals surface area contributed by atoms with Crippen molar-refractivity contribution in [2.24, 2.45) is 0 Å². The van der Waals surface area contributed by atoms with E-state index in [0.29, 0.717) is 20.8 Å². The molecule has 16 heteroatoms. The average molecular weight is 721 g/mol. The highest BCUT2D eigenvalue weighted by Gasteiger charge is 2.59. The summed E-state index contributed by atoms with van der Waals surface area (Å²) in [5.41, 5.74) is -2.44. The minimum atomic E-state index is -4.69. The quantitative estimate of drug-likeness (QED) is 0.146. The molecule has 1 unspecified atom stereocenters. The minimum absolute atomic E-state index is 0.0269. The van der Waals surface area contributed by atoms with Crippen LogP contribution in [0, 0.1) is 12.7 Å². The number of para-hydroxylation sites is 2. The minimum Gasteiger partial charge on any atom is -0.416 e. The molecule has 1 saturated carbocycles. The first-order valence-corrected chi connectivity index (χ1v) is 18.5. The second-order valence-electron chi connectivity index (χ2n) is 11.4. The van der Waals surface area contributed by atoms with E-state index in [1.807, 2.05) is 0 Å². The van der Waals surface area contributed by atoms with E-state index in [4.69, 9.17) is 23.4 Å². The van der Waals surface area contributed by atoms with Gasteiger partial charge < -0.3 is 18.8 Å². The summed E-state index contributed by atoms with van der Waals surface area (Å²) >= 11 is 1.12. The third-order valence-corrected chi connectivity index (χ3v) is 11.5. The van der Waals surface area contributed by atoms with Gasteiger partial charge in [0.15, 0.2) is 5.66 Å². The first kappa shape index (κ1) is 34.0. The van der Waals surface area contributed by atoms with Crippen molar-refractivity contribution in [2.45, 2.75) is 50.2 Å². The average Bonchev–Trinajstić information content (AvgIpc) is 3.76. The standard InChI is InChI=1S/C32H26F3N2O5PS.H3O3P/c1-18-27(24(33)16-23-28(18)37(19-12-13-19)31(39)36-30(23)38)26-17-22-25(44-26)14-15-32(34,35)29(22)43(40,41-20-8-4-2-5-9-20)42-21-10-6-3-7-11-21;1-4(2)3/h2-11,16-17,19,29H,12-15H2,1H3,(H,36,38,39);4H,(H2,1,2,3). The van der Waals surface area contributed by atoms with Crippen molar-refractivity contribution in [3.8, 4) is 21.9 Å². The number of aromatic nitrogens is 2. The molecule has 1 atom stereocenters. The number of aromatic amines is 1. The molecule has 10 nitrogen and oxygen atoms in total. The van der Waals surface area contributed by atoms with E-state index in [0.717, 1.165) is 30.2 Å². The zero-order valence-electron chi connectivity index (χ0n) is 25.2. The van der Waals surface area contributed by atoms with E-state index in [1.54, 1.807) is 43.3 Å². The Hall–Kier alpha value is -3.93. The molecule has 2 heterocycles. The molecule has 48 heavy (non-hydrogen) atoms. The number of hydrogen-bond donors (Lipinski definition) is 3. The van der Waals surface area contributed by atoms with Crippen molar-refractivity contribution in [2.75, 3.05) is 0 Å². The lowest BCUT2D eigenvalue weighted by Crippen LogP contribution is -2.33. The van der Waals surface area contributed by atoms with E-state index in [-0.39, 0.29) is 40.5 Å². The van der Waals surface area contributed by atoms with Crippen LogP contribution in [0.5, 0.6) is 11.5 Å². The maximum absolute atomic E-state index is 16.0. The fourth-order valence-corrected chi connectivity index (χ4v) is 9.61. The highest BCUT2D eigenvalue weighted by atomic mass is 32.1. The predicted molar refractivity (Wildman–Crippen MR) is 176 cm³/mol. The Kier molecular flexibility index (Phi) is 9.32. The highest BCUT2D eigenvalue weighted by molar-refractivity contribution is 7.55. The van der Waals surface area contributed by atoms with Crippen LogP contribution in [-0.2, 0) is 15.6 Å². The van der Waals surface area contributed by atoms with E-state index in [9.17, 15) is 14.2 Å². The number of hydrogen-bond acceptors (Lipinski definition) is 7. The van der Waals surface area contributed by atoms with Crippen molar-refractivity contribution in [3.05, 3.63) is 115 Å². The monoisotopic (exact) mass is 720 g/mol. The van der Waals surface area contributed by atoms with Crippen LogP contribution in [-0.4, -0.2) is 25.3 Å². The molecule has 0 radical (unpaired) electrons. The summed E-state index contributed by atoms with van der Waals surface area (Å²) in [5.74, 6) is -4.01. The third kappa shape index (κ3) is 6.68. The molecule has 3 aromatic carbocycles. The molecule has 0 amide bonds. The van der Waals surface area contributed by atoms with Gasteiger partial charge in [-0.05, 0) is 73.7 Å². The lowest BCUT2D eigenvalue weighted by atomic mass is 9.94. The molecule has 252 valence electrons. The third-order valence-electron chi connectivity index (χ3n) is 8.07. The zero-order valence-corrected chi connectivity index (χ0v) is 27.9. The van der Waals surface area contributed by atoms with Crippen molar-refractivity contribution < 1.29 is 41.1 Å². The molecule has 2 aromatic heterocycles. The predicted octanol–water partition coefficient (Wildman–Crippen LogP) is 7.54. The van der Waals surface area contributed by atoms with E-state index >= 15 is 13.2 Å². The second kappa shape index (κ2) is 13.2. The lowest BCUT2D eigenvalue weighted by molar-refractivity contribution is -0.0226. The zero-order chi connectivity index (χ0) is 34.4. The Labute approximate surface area is 275 Å². The number of halogens is 3. The van der Waals surface area contributed by atoms with Gasteiger partial charge in [0.1, 0.15) is 17.3 Å². The maximum atomic E-state index is 16.0. The number of thiophene rings is 1. The van der Waals surface area contributed by atoms with Gasteiger partial charge >= 0.3 is 21.5 Å². The number of fused-ring (bicyclic) bond motifs is 2. The normalized spacial score (nSPS) is 17.0. The van der Waals surface area contributed by atoms with Crippen LogP contribution in [0.3, 0.4) is 0 Å². The molecule has 0 aliphatic heterocycles. The van der Waals surface area contributed by atoms with Crippen molar-refractivity contribution in [3.63, 3.8) is 0 Å². The number of rotatable bonds is 7. The maximum Gasteiger partial charge on any atom is 0.444 e. The van der Waals surface area contributed by atoms with Gasteiger partial charge in [0.25, 0.3) is 11.5 Å². The van der Waals surface area contributed by atoms with Gasteiger partial charge in [0.05, 0.1) is 10.9 Å². The van der Waals surface area contributed by atoms with Gasteiger partial charge in [0.2, 0.25) is 0 Å². The van der Waals surface area contributed by atoms with Gasteiger partial charge in [-0.25, -0.2) is 22.5 Å². The fraction of sp³-hybridized carbons (Fsp3) is 0.250. The second-order valence-corrected chi connectivity index (χ2v) is 15.1. The fourth-order valence-electron chi connectivity index (χ4n) is 5.98. The number of H-pyrrole nitrogens is 1. The molecular formula is C32H29F3N2O8P2S. The Morgan fingerprint density at radius 3 is 2.10 bits per heavy atom. The summed E-state index contributed by atoms with van der Waals surface area (Å²) in [7, 11) is -7.82. The molecule has 7 rings (SSSR count). The topological polar surface area (TPSA) is 148 Å². The van der Waals surface area contributed by atoms with Crippen LogP contribution < -0.4 is 20.3 Å². The Morgan fingerprint density at radius 2 is 1.56 bits per heavy atom. The number of benzene rings is 3. The Morgan fingerprint density at radius 1 is 1.00 bits per heavy atom. The molecule has 0 saturated heterocycles. The molecule has 1 fully saturated rings. The number of alkyl halides is 2. The molecule has 2 aliphatic carbocycles. The summed E-state index contributed by atoms with van der Waals surface area (Å²) in [6.45, 7) is 1.62. The number of aryl methyl sites for hydroxylation is 2. The van der Waals surface area contributed by atoms with Gasteiger partial charge in [-0.2, -0.15) is 0 Å². The molecule has 5 aromatic rings. The van der Waals surface area contributed by atoms with Crippen LogP contribution in [0.15, 0.2) is 82.4 Å². The summed E-state index contributed by atoms with van der Waals surface area (Å²) in [6, 6.07) is 18.4. The van der Waals surface area contributed by atoms with Crippen molar-refractivity contribution >= 4 is 38.1 Å². The van der Waals surface area contributed by atoms with E-state index < -0.39 is 50.9 Å². The van der Waals surface area contributed by atoms with E-state index in [1.165, 1.54) is 34.9 Å². The van der Waals surface area contributed by atoms with Crippen LogP contribution in [0.2, 0.25) is 0 Å². The first-order chi connectivity index (χ1) is 22.8. The van der Waals surface area contributed by atoms with Crippen LogP contribution in [0.1, 0.15) is 47.0 Å². The van der Waals surface area contributed by atoms with Crippen LogP contribution in [0.4, 0.5) is 13.2 Å². The number of nitrogens with zero attached hydrogens (tertiary/aromatic N) is 1. The molecule has 0 spiro atoms. The summed E-state index contributed by atoms with van der Waals surface area (Å²) in [6.07, 6.45) is 0.853. The van der Waals surface area contributed by atoms with E-state index in [2.05, 4.69) is 4.98 Å². The SMILES string of the molecule is Cc1c(-c2cc3c(s2)CCC(F)(F)C3P(=O)(Oc2ccccc2)Oc2ccccc2)c(F)cc2c(=O)[nH]c(=O)n(C3CC3)c12.O=[PH](O)O. The van der Waals surface area contributed by atoms with Crippen LogP contribution in [0.25, 0.3) is 21.3 Å². The first-order valence-electron chi connectivity index (χ1n) is 14.8. The Balaban J connectivity index is 0.000000952. The van der Waals surface area contributed by atoms with Crippen molar-refractivity contribution in [1.29, 1.82) is 0 Å². The summed E-state index contributed by atoms with van der Waals surface area (Å²) in [4.78, 5) is 42.8. The smallest absolute Gasteiger partial charge is 0.416 e. The van der Waals surface area contributed by atoms with Gasteiger partial charge in [-0.1, -0.05) is 36.4 Å². The van der Waals surface area contributed by atoms with Gasteiger partial charge in [-0.15, -0.1) is 11.3 Å². The molecule has 0 bridgehead atoms. The van der Waals surface area contributed by atoms with Gasteiger partial charge in [-0.3, -0.25) is 18.9 Å². The van der Waals surface area contributed by atoms with Crippen molar-refractivity contribution in [1.82, 2.24) is 9.55 Å². The Bertz CT molecular complexity index is 2140. The molecular weight excluding hydrogens is 691 g/mol. The largest absolute Gasteiger partial charge is 0.444 e. The summed E-state index contributed by atoms with van der Waals surface area (Å²) < 4.78 is 84.4. The van der Waals surface area contributed by atoms with Crippen LogP contribution >= 0.6 is 27.2 Å². The lowest BCUT2D eigenvalue weighted by Gasteiger charge is -2.35. The number of nitrogens with one attached hydrogen (secondary N) is 1. The molecule has 2 aliphatic rings. The molecule has 3 N–H and O–H groups in total.